The van der Waals surface area contributed by atoms with E-state index >= 15 is 0 Å². The van der Waals surface area contributed by atoms with Crippen LogP contribution in [0.4, 0.5) is 0 Å². The first-order valence-electron chi connectivity index (χ1n) is 7.65. The summed E-state index contributed by atoms with van der Waals surface area (Å²) >= 11 is 0. The van der Waals surface area contributed by atoms with Crippen LogP contribution in [-0.4, -0.2) is 36.9 Å². The lowest BCUT2D eigenvalue weighted by Gasteiger charge is -2.29. The monoisotopic (exact) mass is 271 g/mol. The van der Waals surface area contributed by atoms with E-state index in [2.05, 4.69) is 19.2 Å². The Labute approximate surface area is 116 Å². The summed E-state index contributed by atoms with van der Waals surface area (Å²) in [6.45, 7) is 5.65. The van der Waals surface area contributed by atoms with Crippen molar-refractivity contribution in [3.8, 4) is 0 Å². The van der Waals surface area contributed by atoms with Crippen LogP contribution in [0.3, 0.4) is 0 Å². The highest BCUT2D eigenvalue weighted by Crippen LogP contribution is 2.24. The first-order valence-corrected chi connectivity index (χ1v) is 7.65. The predicted molar refractivity (Wildman–Crippen MR) is 75.9 cm³/mol. The maximum absolute atomic E-state index is 11.8. The van der Waals surface area contributed by atoms with Gasteiger partial charge in [-0.1, -0.05) is 13.8 Å². The second-order valence-electron chi connectivity index (χ2n) is 5.67. The molecule has 0 aromatic heterocycles. The Kier molecular flexibility index (Phi) is 7.39. The number of hydrogen-bond acceptors (Lipinski definition) is 3. The third-order valence-corrected chi connectivity index (χ3v) is 4.46. The van der Waals surface area contributed by atoms with E-state index in [0.717, 1.165) is 38.7 Å². The third-order valence-electron chi connectivity index (χ3n) is 4.46. The second kappa shape index (κ2) is 8.54. The summed E-state index contributed by atoms with van der Waals surface area (Å²) in [5.74, 6) is 0.0777. The number of nitrogens with one attached hydrogen (secondary N) is 1. The molecule has 2 N–H and O–H groups in total. The number of ether oxygens (including phenoxy) is 1. The minimum atomic E-state index is -0.156. The van der Waals surface area contributed by atoms with Crippen molar-refractivity contribution in [2.75, 3.05) is 19.8 Å². The second-order valence-corrected chi connectivity index (χ2v) is 5.67. The SMILES string of the molecule is CCC(CC)(CO)CNC(=O)CCC1CCCCO1. The number of rotatable bonds is 8. The van der Waals surface area contributed by atoms with Crippen LogP contribution in [0.2, 0.25) is 0 Å². The molecule has 0 aliphatic carbocycles. The molecule has 0 bridgehead atoms. The molecule has 0 saturated carbocycles. The van der Waals surface area contributed by atoms with Crippen molar-refractivity contribution in [1.82, 2.24) is 5.32 Å². The fraction of sp³-hybridized carbons (Fsp3) is 0.933. The molecule has 112 valence electrons. The van der Waals surface area contributed by atoms with Crippen LogP contribution in [-0.2, 0) is 9.53 Å². The Balaban J connectivity index is 2.23. The molecule has 1 heterocycles. The lowest BCUT2D eigenvalue weighted by molar-refractivity contribution is -0.122. The number of hydrogen-bond donors (Lipinski definition) is 2. The lowest BCUT2D eigenvalue weighted by atomic mass is 9.83. The highest BCUT2D eigenvalue weighted by Gasteiger charge is 2.25. The number of carbonyl (C=O) groups excluding carboxylic acids is 1. The molecule has 1 rings (SSSR count). The van der Waals surface area contributed by atoms with Gasteiger partial charge in [0.2, 0.25) is 5.91 Å². The molecule has 1 aliphatic heterocycles. The van der Waals surface area contributed by atoms with Gasteiger partial charge in [-0.2, -0.15) is 0 Å². The van der Waals surface area contributed by atoms with Crippen molar-refractivity contribution < 1.29 is 14.6 Å². The van der Waals surface area contributed by atoms with Gasteiger partial charge in [0.1, 0.15) is 0 Å². The maximum atomic E-state index is 11.8. The van der Waals surface area contributed by atoms with Crippen LogP contribution in [0.25, 0.3) is 0 Å². The number of amides is 1. The van der Waals surface area contributed by atoms with Crippen molar-refractivity contribution in [2.24, 2.45) is 5.41 Å². The summed E-state index contributed by atoms with van der Waals surface area (Å²) in [6, 6.07) is 0. The molecule has 1 amide bonds. The molecule has 4 heteroatoms. The Bertz CT molecular complexity index is 250. The normalized spacial score (nSPS) is 20.3. The van der Waals surface area contributed by atoms with Crippen LogP contribution in [0, 0.1) is 5.41 Å². The molecular weight excluding hydrogens is 242 g/mol. The number of aliphatic hydroxyl groups excluding tert-OH is 1. The molecule has 0 spiro atoms. The van der Waals surface area contributed by atoms with Crippen molar-refractivity contribution in [1.29, 1.82) is 0 Å². The summed E-state index contributed by atoms with van der Waals surface area (Å²) in [7, 11) is 0. The molecule has 1 atom stereocenters. The van der Waals surface area contributed by atoms with Gasteiger partial charge < -0.3 is 15.2 Å². The van der Waals surface area contributed by atoms with E-state index < -0.39 is 0 Å². The molecule has 19 heavy (non-hydrogen) atoms. The Morgan fingerprint density at radius 2 is 2.11 bits per heavy atom. The quantitative estimate of drug-likeness (QED) is 0.712. The van der Waals surface area contributed by atoms with Crippen LogP contribution in [0.15, 0.2) is 0 Å². The van der Waals surface area contributed by atoms with Gasteiger partial charge in [-0.3, -0.25) is 4.79 Å². The molecule has 1 aliphatic rings. The van der Waals surface area contributed by atoms with E-state index in [1.54, 1.807) is 0 Å². The van der Waals surface area contributed by atoms with E-state index in [0.29, 0.717) is 13.0 Å². The average Bonchev–Trinajstić information content (AvgIpc) is 2.48. The minimum Gasteiger partial charge on any atom is -0.396 e. The molecule has 1 unspecified atom stereocenters. The number of aliphatic hydroxyl groups is 1. The average molecular weight is 271 g/mol. The van der Waals surface area contributed by atoms with Gasteiger partial charge >= 0.3 is 0 Å². The van der Waals surface area contributed by atoms with E-state index in [-0.39, 0.29) is 24.0 Å². The summed E-state index contributed by atoms with van der Waals surface area (Å²) < 4.78 is 5.62. The first kappa shape index (κ1) is 16.4. The van der Waals surface area contributed by atoms with Crippen molar-refractivity contribution in [3.05, 3.63) is 0 Å². The molecule has 4 nitrogen and oxygen atoms in total. The lowest BCUT2D eigenvalue weighted by Crippen LogP contribution is -2.39. The van der Waals surface area contributed by atoms with Crippen molar-refractivity contribution in [3.63, 3.8) is 0 Å². The predicted octanol–water partition coefficient (Wildman–Crippen LogP) is 2.25. The zero-order chi connectivity index (χ0) is 14.1. The highest BCUT2D eigenvalue weighted by atomic mass is 16.5. The largest absolute Gasteiger partial charge is 0.396 e. The van der Waals surface area contributed by atoms with Crippen LogP contribution >= 0.6 is 0 Å². The van der Waals surface area contributed by atoms with Gasteiger partial charge in [-0.25, -0.2) is 0 Å². The van der Waals surface area contributed by atoms with Gasteiger partial charge in [-0.15, -0.1) is 0 Å². The summed E-state index contributed by atoms with van der Waals surface area (Å²) in [5.41, 5.74) is -0.156. The van der Waals surface area contributed by atoms with Crippen molar-refractivity contribution in [2.45, 2.75) is 64.9 Å². The topological polar surface area (TPSA) is 58.6 Å². The molecule has 0 aromatic carbocycles. The van der Waals surface area contributed by atoms with Crippen molar-refractivity contribution >= 4 is 5.91 Å². The summed E-state index contributed by atoms with van der Waals surface area (Å²) in [4.78, 5) is 11.8. The molecule has 1 fully saturated rings. The molecular formula is C15H29NO3. The summed E-state index contributed by atoms with van der Waals surface area (Å²) in [6.07, 6.45) is 6.81. The Hall–Kier alpha value is -0.610. The van der Waals surface area contributed by atoms with Gasteiger partial charge in [-0.05, 0) is 38.5 Å². The molecule has 1 saturated heterocycles. The highest BCUT2D eigenvalue weighted by molar-refractivity contribution is 5.75. The van der Waals surface area contributed by atoms with E-state index in [1.165, 1.54) is 6.42 Å². The van der Waals surface area contributed by atoms with E-state index in [4.69, 9.17) is 4.74 Å². The molecule has 0 radical (unpaired) electrons. The van der Waals surface area contributed by atoms with Gasteiger partial charge in [0.05, 0.1) is 12.7 Å². The van der Waals surface area contributed by atoms with E-state index in [9.17, 15) is 9.90 Å². The zero-order valence-corrected chi connectivity index (χ0v) is 12.4. The smallest absolute Gasteiger partial charge is 0.220 e. The standard InChI is InChI=1S/C15H29NO3/c1-3-15(4-2,12-17)11-16-14(18)9-8-13-7-5-6-10-19-13/h13,17H,3-12H2,1-2H3,(H,16,18). The van der Waals surface area contributed by atoms with Gasteiger partial charge in [0.25, 0.3) is 0 Å². The Morgan fingerprint density at radius 3 is 2.63 bits per heavy atom. The zero-order valence-electron chi connectivity index (χ0n) is 12.4. The fourth-order valence-corrected chi connectivity index (χ4v) is 2.48. The summed E-state index contributed by atoms with van der Waals surface area (Å²) in [5, 5.41) is 12.4. The third kappa shape index (κ3) is 5.49. The first-order chi connectivity index (χ1) is 9.15. The van der Waals surface area contributed by atoms with Crippen LogP contribution in [0.1, 0.15) is 58.8 Å². The van der Waals surface area contributed by atoms with Crippen LogP contribution in [0.5, 0.6) is 0 Å². The Morgan fingerprint density at radius 1 is 1.37 bits per heavy atom. The molecule has 0 aromatic rings. The van der Waals surface area contributed by atoms with Gasteiger partial charge in [0, 0.05) is 25.0 Å². The fourth-order valence-electron chi connectivity index (χ4n) is 2.48. The minimum absolute atomic E-state index is 0.0777. The number of carbonyl (C=O) groups is 1. The van der Waals surface area contributed by atoms with Crippen LogP contribution < -0.4 is 5.32 Å². The van der Waals surface area contributed by atoms with E-state index in [1.807, 2.05) is 0 Å². The van der Waals surface area contributed by atoms with Gasteiger partial charge in [0.15, 0.2) is 0 Å². The maximum Gasteiger partial charge on any atom is 0.220 e.